The lowest BCUT2D eigenvalue weighted by atomic mass is 9.83. The highest BCUT2D eigenvalue weighted by molar-refractivity contribution is 5.90. The van der Waals surface area contributed by atoms with Gasteiger partial charge in [0.05, 0.1) is 5.41 Å². The van der Waals surface area contributed by atoms with Crippen LogP contribution < -0.4 is 5.32 Å². The summed E-state index contributed by atoms with van der Waals surface area (Å²) in [6.07, 6.45) is 2.38. The second kappa shape index (κ2) is 7.02. The zero-order chi connectivity index (χ0) is 16.0. The third kappa shape index (κ3) is 4.41. The molecule has 0 saturated carbocycles. The van der Waals surface area contributed by atoms with Gasteiger partial charge < -0.3 is 10.4 Å². The number of carboxylic acids is 1. The minimum Gasteiger partial charge on any atom is -0.480 e. The van der Waals surface area contributed by atoms with Crippen LogP contribution in [-0.2, 0) is 15.0 Å². The largest absolute Gasteiger partial charge is 0.480 e. The molecule has 1 aromatic carbocycles. The molecule has 5 heteroatoms. The summed E-state index contributed by atoms with van der Waals surface area (Å²) in [6.45, 7) is 6.87. The van der Waals surface area contributed by atoms with Crippen molar-refractivity contribution in [3.05, 3.63) is 48.3 Å². The molecular formula is C16H20FNO3. The maximum absolute atomic E-state index is 12.9. The van der Waals surface area contributed by atoms with Crippen LogP contribution in [0.4, 0.5) is 4.39 Å². The summed E-state index contributed by atoms with van der Waals surface area (Å²) in [6, 6.07) is 4.63. The predicted molar refractivity (Wildman–Crippen MR) is 78.4 cm³/mol. The number of amides is 1. The van der Waals surface area contributed by atoms with E-state index < -0.39 is 23.3 Å². The third-order valence-corrected chi connectivity index (χ3v) is 3.40. The molecule has 0 aliphatic rings. The average molecular weight is 293 g/mol. The molecule has 0 bridgehead atoms. The number of carboxylic acid groups (broad SMARTS) is 1. The maximum atomic E-state index is 12.9. The number of carbonyl (C=O) groups excluding carboxylic acids is 1. The van der Waals surface area contributed by atoms with Crippen molar-refractivity contribution in [3.63, 3.8) is 0 Å². The van der Waals surface area contributed by atoms with E-state index in [1.165, 1.54) is 24.3 Å². The van der Waals surface area contributed by atoms with Gasteiger partial charge >= 0.3 is 5.97 Å². The molecule has 0 aliphatic heterocycles. The molecule has 0 spiro atoms. The zero-order valence-corrected chi connectivity index (χ0v) is 12.2. The Balaban J connectivity index is 2.86. The highest BCUT2D eigenvalue weighted by atomic mass is 19.1. The van der Waals surface area contributed by atoms with E-state index in [1.54, 1.807) is 19.9 Å². The number of hydrogen-bond donors (Lipinski definition) is 2. The van der Waals surface area contributed by atoms with Crippen LogP contribution in [-0.4, -0.2) is 23.0 Å². The van der Waals surface area contributed by atoms with Gasteiger partial charge in [-0.1, -0.05) is 18.2 Å². The van der Waals surface area contributed by atoms with Gasteiger partial charge in [-0.2, -0.15) is 0 Å². The van der Waals surface area contributed by atoms with Gasteiger partial charge in [0, 0.05) is 0 Å². The third-order valence-electron chi connectivity index (χ3n) is 3.40. The van der Waals surface area contributed by atoms with Crippen LogP contribution in [0.25, 0.3) is 0 Å². The zero-order valence-electron chi connectivity index (χ0n) is 12.2. The van der Waals surface area contributed by atoms with Gasteiger partial charge in [0.15, 0.2) is 0 Å². The Morgan fingerprint density at radius 1 is 1.38 bits per heavy atom. The molecule has 1 amide bonds. The topological polar surface area (TPSA) is 66.4 Å². The van der Waals surface area contributed by atoms with Crippen LogP contribution in [0.15, 0.2) is 36.9 Å². The molecule has 0 aromatic heterocycles. The SMILES string of the molecule is C=CCCC(NC(=O)C(C)(C)c1ccc(F)cc1)C(=O)O. The summed E-state index contributed by atoms with van der Waals surface area (Å²) < 4.78 is 12.9. The molecule has 1 rings (SSSR count). The Morgan fingerprint density at radius 2 is 1.95 bits per heavy atom. The van der Waals surface area contributed by atoms with Crippen molar-refractivity contribution in [3.8, 4) is 0 Å². The van der Waals surface area contributed by atoms with E-state index in [-0.39, 0.29) is 12.2 Å². The number of halogens is 1. The van der Waals surface area contributed by atoms with E-state index in [1.807, 2.05) is 0 Å². The Kier molecular flexibility index (Phi) is 5.64. The molecule has 114 valence electrons. The molecule has 2 N–H and O–H groups in total. The molecule has 1 atom stereocenters. The fourth-order valence-electron chi connectivity index (χ4n) is 1.88. The van der Waals surface area contributed by atoms with Crippen LogP contribution >= 0.6 is 0 Å². The molecule has 1 unspecified atom stereocenters. The van der Waals surface area contributed by atoms with Gasteiger partial charge in [0.25, 0.3) is 0 Å². The lowest BCUT2D eigenvalue weighted by molar-refractivity contribution is -0.142. The normalized spacial score (nSPS) is 12.5. The number of carbonyl (C=O) groups is 2. The van der Waals surface area contributed by atoms with Crippen LogP contribution in [0.1, 0.15) is 32.3 Å². The van der Waals surface area contributed by atoms with Crippen molar-refractivity contribution < 1.29 is 19.1 Å². The monoisotopic (exact) mass is 293 g/mol. The van der Waals surface area contributed by atoms with Crippen LogP contribution in [0.2, 0.25) is 0 Å². The Hall–Kier alpha value is -2.17. The van der Waals surface area contributed by atoms with Crippen molar-refractivity contribution >= 4 is 11.9 Å². The van der Waals surface area contributed by atoms with Crippen molar-refractivity contribution in [2.45, 2.75) is 38.1 Å². The van der Waals surface area contributed by atoms with E-state index in [0.29, 0.717) is 12.0 Å². The van der Waals surface area contributed by atoms with Gasteiger partial charge in [-0.05, 0) is 44.4 Å². The van der Waals surface area contributed by atoms with Crippen molar-refractivity contribution in [1.29, 1.82) is 0 Å². The Labute approximate surface area is 123 Å². The number of allylic oxidation sites excluding steroid dienone is 1. The van der Waals surface area contributed by atoms with Crippen LogP contribution in [0, 0.1) is 5.82 Å². The van der Waals surface area contributed by atoms with Gasteiger partial charge in [0.2, 0.25) is 5.91 Å². The van der Waals surface area contributed by atoms with Crippen molar-refractivity contribution in [2.24, 2.45) is 0 Å². The first-order valence-electron chi connectivity index (χ1n) is 6.69. The standard InChI is InChI=1S/C16H20FNO3/c1-4-5-6-13(14(19)20)18-15(21)16(2,3)11-7-9-12(17)10-8-11/h4,7-10,13H,1,5-6H2,2-3H3,(H,18,21)(H,19,20). The maximum Gasteiger partial charge on any atom is 0.326 e. The molecule has 0 aliphatic carbocycles. The van der Waals surface area contributed by atoms with E-state index in [9.17, 15) is 14.0 Å². The predicted octanol–water partition coefficient (Wildman–Crippen LogP) is 2.64. The second-order valence-corrected chi connectivity index (χ2v) is 5.36. The van der Waals surface area contributed by atoms with Gasteiger partial charge in [-0.25, -0.2) is 9.18 Å². The number of rotatable bonds is 7. The summed E-state index contributed by atoms with van der Waals surface area (Å²) in [5.41, 5.74) is -0.329. The lowest BCUT2D eigenvalue weighted by Crippen LogP contribution is -2.48. The minimum atomic E-state index is -1.08. The smallest absolute Gasteiger partial charge is 0.326 e. The quantitative estimate of drug-likeness (QED) is 0.759. The Morgan fingerprint density at radius 3 is 2.43 bits per heavy atom. The number of hydrogen-bond acceptors (Lipinski definition) is 2. The molecule has 0 fully saturated rings. The summed E-state index contributed by atoms with van der Waals surface area (Å²) in [5, 5.41) is 11.6. The van der Waals surface area contributed by atoms with Gasteiger partial charge in [-0.15, -0.1) is 6.58 Å². The molecule has 4 nitrogen and oxygen atoms in total. The number of aliphatic carboxylic acids is 1. The van der Waals surface area contributed by atoms with Crippen LogP contribution in [0.3, 0.4) is 0 Å². The molecule has 1 aromatic rings. The molecule has 0 heterocycles. The van der Waals surface area contributed by atoms with E-state index >= 15 is 0 Å². The van der Waals surface area contributed by atoms with E-state index in [0.717, 1.165) is 0 Å². The molecular weight excluding hydrogens is 273 g/mol. The average Bonchev–Trinajstić information content (AvgIpc) is 2.43. The van der Waals surface area contributed by atoms with Gasteiger partial charge in [0.1, 0.15) is 11.9 Å². The molecule has 0 radical (unpaired) electrons. The summed E-state index contributed by atoms with van der Waals surface area (Å²) in [5.74, 6) is -1.88. The first-order chi connectivity index (χ1) is 9.78. The number of benzene rings is 1. The molecule has 21 heavy (non-hydrogen) atoms. The first kappa shape index (κ1) is 16.9. The number of nitrogens with one attached hydrogen (secondary N) is 1. The van der Waals surface area contributed by atoms with Gasteiger partial charge in [-0.3, -0.25) is 4.79 Å². The highest BCUT2D eigenvalue weighted by Gasteiger charge is 2.32. The van der Waals surface area contributed by atoms with E-state index in [4.69, 9.17) is 5.11 Å². The Bertz CT molecular complexity index is 523. The second-order valence-electron chi connectivity index (χ2n) is 5.36. The minimum absolute atomic E-state index is 0.282. The molecule has 0 saturated heterocycles. The van der Waals surface area contributed by atoms with Crippen LogP contribution in [0.5, 0.6) is 0 Å². The van der Waals surface area contributed by atoms with Crippen molar-refractivity contribution in [2.75, 3.05) is 0 Å². The van der Waals surface area contributed by atoms with E-state index in [2.05, 4.69) is 11.9 Å². The highest BCUT2D eigenvalue weighted by Crippen LogP contribution is 2.24. The first-order valence-corrected chi connectivity index (χ1v) is 6.69. The fraction of sp³-hybridized carbons (Fsp3) is 0.375. The summed E-state index contributed by atoms with van der Waals surface area (Å²) in [4.78, 5) is 23.5. The summed E-state index contributed by atoms with van der Waals surface area (Å²) in [7, 11) is 0. The summed E-state index contributed by atoms with van der Waals surface area (Å²) >= 11 is 0. The fourth-order valence-corrected chi connectivity index (χ4v) is 1.88. The van der Waals surface area contributed by atoms with Crippen molar-refractivity contribution in [1.82, 2.24) is 5.32 Å². The lowest BCUT2D eigenvalue weighted by Gasteiger charge is -2.26.